The second-order valence-corrected chi connectivity index (χ2v) is 6.27. The molecule has 4 nitrogen and oxygen atoms in total. The minimum atomic E-state index is -0.399. The quantitative estimate of drug-likeness (QED) is 0.382. The largest absolute Gasteiger partial charge is 0.493 e. The average molecular weight is 438 g/mol. The lowest BCUT2D eigenvalue weighted by molar-refractivity contribution is -0.134. The van der Waals surface area contributed by atoms with Crippen LogP contribution in [0.1, 0.15) is 16.7 Å². The SMILES string of the molecule is COC(=O)/C=C/c1cc(I)c(OCc2ccccc2C)c(OC)c1. The Hall–Kier alpha value is -2.02. The summed E-state index contributed by atoms with van der Waals surface area (Å²) in [5, 5.41) is 0. The Balaban J connectivity index is 2.22. The zero-order chi connectivity index (χ0) is 17.5. The molecule has 2 aromatic rings. The molecule has 0 saturated carbocycles. The Morgan fingerprint density at radius 1 is 1.21 bits per heavy atom. The number of rotatable bonds is 6. The van der Waals surface area contributed by atoms with Crippen LogP contribution < -0.4 is 9.47 Å². The minimum Gasteiger partial charge on any atom is -0.493 e. The fourth-order valence-electron chi connectivity index (χ4n) is 2.13. The molecule has 5 heteroatoms. The summed E-state index contributed by atoms with van der Waals surface area (Å²) < 4.78 is 16.9. The van der Waals surface area contributed by atoms with Gasteiger partial charge in [0.05, 0.1) is 17.8 Å². The number of esters is 1. The van der Waals surface area contributed by atoms with Crippen molar-refractivity contribution in [2.24, 2.45) is 0 Å². The molecule has 0 aliphatic rings. The molecular formula is C19H19IO4. The van der Waals surface area contributed by atoms with Crippen LogP contribution >= 0.6 is 22.6 Å². The second kappa shape index (κ2) is 8.73. The molecule has 0 unspecified atom stereocenters. The molecule has 0 aromatic heterocycles. The van der Waals surface area contributed by atoms with Crippen LogP contribution in [0.2, 0.25) is 0 Å². The molecule has 0 heterocycles. The van der Waals surface area contributed by atoms with Gasteiger partial charge in [0, 0.05) is 6.08 Å². The predicted octanol–water partition coefficient (Wildman–Crippen LogP) is 4.37. The van der Waals surface area contributed by atoms with Crippen molar-refractivity contribution in [2.45, 2.75) is 13.5 Å². The van der Waals surface area contributed by atoms with Crippen molar-refractivity contribution in [3.63, 3.8) is 0 Å². The highest BCUT2D eigenvalue weighted by atomic mass is 127. The number of halogens is 1. The summed E-state index contributed by atoms with van der Waals surface area (Å²) >= 11 is 2.20. The molecule has 0 N–H and O–H groups in total. The van der Waals surface area contributed by atoms with Gasteiger partial charge in [-0.1, -0.05) is 24.3 Å². The number of carbonyl (C=O) groups is 1. The van der Waals surface area contributed by atoms with E-state index in [1.54, 1.807) is 13.2 Å². The monoisotopic (exact) mass is 438 g/mol. The topological polar surface area (TPSA) is 44.8 Å². The van der Waals surface area contributed by atoms with E-state index < -0.39 is 5.97 Å². The molecule has 126 valence electrons. The lowest BCUT2D eigenvalue weighted by Crippen LogP contribution is -2.01. The minimum absolute atomic E-state index is 0.399. The summed E-state index contributed by atoms with van der Waals surface area (Å²) in [4.78, 5) is 11.2. The van der Waals surface area contributed by atoms with E-state index in [-0.39, 0.29) is 0 Å². The van der Waals surface area contributed by atoms with Crippen LogP contribution in [-0.4, -0.2) is 20.2 Å². The van der Waals surface area contributed by atoms with Gasteiger partial charge in [-0.05, 0) is 64.4 Å². The van der Waals surface area contributed by atoms with Crippen molar-refractivity contribution in [1.29, 1.82) is 0 Å². The first kappa shape index (κ1) is 18.3. The van der Waals surface area contributed by atoms with E-state index in [4.69, 9.17) is 9.47 Å². The molecule has 2 aromatic carbocycles. The fraction of sp³-hybridized carbons (Fsp3) is 0.211. The highest BCUT2D eigenvalue weighted by Crippen LogP contribution is 2.35. The van der Waals surface area contributed by atoms with Gasteiger partial charge in [-0.3, -0.25) is 0 Å². The lowest BCUT2D eigenvalue weighted by Gasteiger charge is -2.14. The van der Waals surface area contributed by atoms with E-state index in [1.165, 1.54) is 18.7 Å². The molecule has 0 aliphatic carbocycles. The Bertz CT molecular complexity index is 753. The van der Waals surface area contributed by atoms with Crippen LogP contribution in [0.5, 0.6) is 11.5 Å². The maximum absolute atomic E-state index is 11.2. The van der Waals surface area contributed by atoms with E-state index >= 15 is 0 Å². The smallest absolute Gasteiger partial charge is 0.330 e. The molecule has 0 radical (unpaired) electrons. The van der Waals surface area contributed by atoms with E-state index in [2.05, 4.69) is 40.3 Å². The van der Waals surface area contributed by atoms with Crippen molar-refractivity contribution < 1.29 is 19.0 Å². The van der Waals surface area contributed by atoms with E-state index in [0.29, 0.717) is 18.1 Å². The van der Waals surface area contributed by atoms with Crippen LogP contribution in [0.3, 0.4) is 0 Å². The predicted molar refractivity (Wildman–Crippen MR) is 102 cm³/mol. The molecule has 24 heavy (non-hydrogen) atoms. The number of ether oxygens (including phenoxy) is 3. The molecule has 0 aliphatic heterocycles. The molecule has 0 amide bonds. The number of hydrogen-bond acceptors (Lipinski definition) is 4. The highest BCUT2D eigenvalue weighted by Gasteiger charge is 2.12. The molecule has 0 atom stereocenters. The third-order valence-electron chi connectivity index (χ3n) is 3.50. The summed E-state index contributed by atoms with van der Waals surface area (Å²) in [5.41, 5.74) is 3.15. The van der Waals surface area contributed by atoms with Gasteiger partial charge in [-0.25, -0.2) is 4.79 Å². The Kier molecular flexibility index (Phi) is 6.66. The number of methoxy groups -OCH3 is 2. The van der Waals surface area contributed by atoms with Crippen LogP contribution in [0.15, 0.2) is 42.5 Å². The van der Waals surface area contributed by atoms with Gasteiger partial charge >= 0.3 is 5.97 Å². The van der Waals surface area contributed by atoms with Gasteiger partial charge in [-0.2, -0.15) is 0 Å². The van der Waals surface area contributed by atoms with Gasteiger partial charge in [0.25, 0.3) is 0 Å². The average Bonchev–Trinajstić information content (AvgIpc) is 2.59. The summed E-state index contributed by atoms with van der Waals surface area (Å²) in [6.07, 6.45) is 3.06. The third kappa shape index (κ3) is 4.74. The summed E-state index contributed by atoms with van der Waals surface area (Å²) in [5.74, 6) is 0.917. The van der Waals surface area contributed by atoms with Crippen LogP contribution in [-0.2, 0) is 16.1 Å². The molecular weight excluding hydrogens is 419 g/mol. The molecule has 0 fully saturated rings. The highest BCUT2D eigenvalue weighted by molar-refractivity contribution is 14.1. The Labute approximate surface area is 155 Å². The molecule has 2 rings (SSSR count). The van der Waals surface area contributed by atoms with Gasteiger partial charge in [0.1, 0.15) is 6.61 Å². The molecule has 0 bridgehead atoms. The van der Waals surface area contributed by atoms with Gasteiger partial charge in [0.15, 0.2) is 11.5 Å². The van der Waals surface area contributed by atoms with Crippen molar-refractivity contribution >= 4 is 34.6 Å². The van der Waals surface area contributed by atoms with Crippen molar-refractivity contribution in [3.8, 4) is 11.5 Å². The normalized spacial score (nSPS) is 10.7. The Morgan fingerprint density at radius 2 is 1.96 bits per heavy atom. The van der Waals surface area contributed by atoms with Crippen LogP contribution in [0.4, 0.5) is 0 Å². The van der Waals surface area contributed by atoms with Gasteiger partial charge in [0.2, 0.25) is 0 Å². The number of carbonyl (C=O) groups excluding carboxylic acids is 1. The van der Waals surface area contributed by atoms with Gasteiger partial charge in [-0.15, -0.1) is 0 Å². The maximum Gasteiger partial charge on any atom is 0.330 e. The zero-order valence-electron chi connectivity index (χ0n) is 13.8. The number of benzene rings is 2. The van der Waals surface area contributed by atoms with Crippen molar-refractivity contribution in [3.05, 3.63) is 62.7 Å². The first-order valence-corrected chi connectivity index (χ1v) is 8.44. The van der Waals surface area contributed by atoms with Crippen molar-refractivity contribution in [2.75, 3.05) is 14.2 Å². The standard InChI is InChI=1S/C19H19IO4/c1-13-6-4-5-7-15(13)12-24-19-16(20)10-14(11-17(19)22-2)8-9-18(21)23-3/h4-11H,12H2,1-3H3/b9-8+. The van der Waals surface area contributed by atoms with Crippen LogP contribution in [0, 0.1) is 10.5 Å². The van der Waals surface area contributed by atoms with Crippen LogP contribution in [0.25, 0.3) is 6.08 Å². The maximum atomic E-state index is 11.2. The van der Waals surface area contributed by atoms with Crippen molar-refractivity contribution in [1.82, 2.24) is 0 Å². The zero-order valence-corrected chi connectivity index (χ0v) is 16.0. The summed E-state index contributed by atoms with van der Waals surface area (Å²) in [6.45, 7) is 2.53. The molecule has 0 spiro atoms. The number of hydrogen-bond donors (Lipinski definition) is 0. The molecule has 0 saturated heterocycles. The van der Waals surface area contributed by atoms with E-state index in [9.17, 15) is 4.79 Å². The van der Waals surface area contributed by atoms with E-state index in [0.717, 1.165) is 14.7 Å². The second-order valence-electron chi connectivity index (χ2n) is 5.11. The van der Waals surface area contributed by atoms with E-state index in [1.807, 2.05) is 30.3 Å². The summed E-state index contributed by atoms with van der Waals surface area (Å²) in [7, 11) is 2.94. The van der Waals surface area contributed by atoms with Gasteiger partial charge < -0.3 is 14.2 Å². The lowest BCUT2D eigenvalue weighted by atomic mass is 10.1. The third-order valence-corrected chi connectivity index (χ3v) is 4.30. The number of aryl methyl sites for hydroxylation is 1. The first-order valence-electron chi connectivity index (χ1n) is 7.36. The first-order chi connectivity index (χ1) is 11.5. The summed E-state index contributed by atoms with van der Waals surface area (Å²) in [6, 6.07) is 11.9. The Morgan fingerprint density at radius 3 is 2.62 bits per heavy atom. The fourth-order valence-corrected chi connectivity index (χ4v) is 2.91.